The summed E-state index contributed by atoms with van der Waals surface area (Å²) in [5, 5.41) is 11.7. The number of aromatic nitrogens is 3. The molecule has 0 aromatic carbocycles. The van der Waals surface area contributed by atoms with Crippen LogP contribution >= 0.6 is 0 Å². The van der Waals surface area contributed by atoms with Crippen LogP contribution in [0.5, 0.6) is 0 Å². The number of ether oxygens (including phenoxy) is 1. The highest BCUT2D eigenvalue weighted by Crippen LogP contribution is 2.35. The Morgan fingerprint density at radius 2 is 2.18 bits per heavy atom. The third-order valence-electron chi connectivity index (χ3n) is 3.44. The van der Waals surface area contributed by atoms with Gasteiger partial charge in [-0.25, -0.2) is 4.68 Å². The van der Waals surface area contributed by atoms with Gasteiger partial charge in [-0.05, 0) is 19.9 Å². The van der Waals surface area contributed by atoms with Crippen molar-refractivity contribution in [2.24, 2.45) is 0 Å². The molecular formula is C12H22N4O. The lowest BCUT2D eigenvalue weighted by Gasteiger charge is -2.13. The van der Waals surface area contributed by atoms with E-state index in [2.05, 4.69) is 15.6 Å². The molecule has 0 aliphatic heterocycles. The molecule has 0 saturated heterocycles. The number of nitrogens with one attached hydrogen (secondary N) is 1. The molecule has 17 heavy (non-hydrogen) atoms. The van der Waals surface area contributed by atoms with Crippen LogP contribution < -0.4 is 5.32 Å². The number of nitrogens with zero attached hydrogens (tertiary/aromatic N) is 3. The van der Waals surface area contributed by atoms with E-state index in [1.807, 2.05) is 11.7 Å². The van der Waals surface area contributed by atoms with Crippen LogP contribution in [-0.4, -0.2) is 35.8 Å². The summed E-state index contributed by atoms with van der Waals surface area (Å²) in [6.07, 6.45) is 5.21. The molecule has 0 amide bonds. The lowest BCUT2D eigenvalue weighted by atomic mass is 10.0. The fraction of sp³-hybridized carbons (Fsp3) is 0.833. The third kappa shape index (κ3) is 2.84. The van der Waals surface area contributed by atoms with E-state index < -0.39 is 0 Å². The highest BCUT2D eigenvalue weighted by Gasteiger charge is 2.25. The van der Waals surface area contributed by atoms with E-state index >= 15 is 0 Å². The maximum atomic E-state index is 5.13. The Kier molecular flexibility index (Phi) is 4.50. The molecule has 1 N–H and O–H groups in total. The summed E-state index contributed by atoms with van der Waals surface area (Å²) in [6.45, 7) is 2.31. The van der Waals surface area contributed by atoms with Crippen molar-refractivity contribution in [3.05, 3.63) is 11.4 Å². The van der Waals surface area contributed by atoms with E-state index in [-0.39, 0.29) is 0 Å². The van der Waals surface area contributed by atoms with E-state index in [4.69, 9.17) is 4.74 Å². The van der Waals surface area contributed by atoms with E-state index in [0.717, 1.165) is 18.8 Å². The molecule has 1 aliphatic rings. The summed E-state index contributed by atoms with van der Waals surface area (Å²) in [6, 6.07) is 0. The Hall–Kier alpha value is -0.940. The van der Waals surface area contributed by atoms with Crippen LogP contribution in [-0.2, 0) is 17.8 Å². The van der Waals surface area contributed by atoms with Crippen molar-refractivity contribution >= 4 is 0 Å². The van der Waals surface area contributed by atoms with Gasteiger partial charge in [-0.2, -0.15) is 0 Å². The second-order valence-corrected chi connectivity index (χ2v) is 4.65. The monoisotopic (exact) mass is 238 g/mol. The standard InChI is InChI=1S/C12H22N4O/c1-13-9-11-12(10-5-3-4-6-10)16(15-14-11)7-8-17-2/h10,13H,3-9H2,1-2H3. The smallest absolute Gasteiger partial charge is 0.0999 e. The van der Waals surface area contributed by atoms with Crippen LogP contribution in [0, 0.1) is 0 Å². The summed E-state index contributed by atoms with van der Waals surface area (Å²) in [5.41, 5.74) is 2.43. The van der Waals surface area contributed by atoms with Crippen LogP contribution in [0.2, 0.25) is 0 Å². The van der Waals surface area contributed by atoms with E-state index in [9.17, 15) is 0 Å². The molecule has 0 atom stereocenters. The number of rotatable bonds is 6. The first-order valence-corrected chi connectivity index (χ1v) is 6.42. The van der Waals surface area contributed by atoms with Crippen LogP contribution in [0.25, 0.3) is 0 Å². The maximum Gasteiger partial charge on any atom is 0.0999 e. The predicted molar refractivity (Wildman–Crippen MR) is 65.9 cm³/mol. The Bertz CT molecular complexity index is 344. The molecule has 1 heterocycles. The molecule has 1 aromatic heterocycles. The van der Waals surface area contributed by atoms with Gasteiger partial charge in [0.1, 0.15) is 0 Å². The first kappa shape index (κ1) is 12.5. The van der Waals surface area contributed by atoms with Crippen LogP contribution in [0.4, 0.5) is 0 Å². The maximum absolute atomic E-state index is 5.13. The van der Waals surface area contributed by atoms with E-state index in [1.54, 1.807) is 7.11 Å². The minimum Gasteiger partial charge on any atom is -0.383 e. The highest BCUT2D eigenvalue weighted by atomic mass is 16.5. The lowest BCUT2D eigenvalue weighted by molar-refractivity contribution is 0.181. The molecule has 0 spiro atoms. The first-order chi connectivity index (χ1) is 8.36. The second-order valence-electron chi connectivity index (χ2n) is 4.65. The molecule has 5 nitrogen and oxygen atoms in total. The largest absolute Gasteiger partial charge is 0.383 e. The zero-order valence-corrected chi connectivity index (χ0v) is 10.8. The van der Waals surface area contributed by atoms with Gasteiger partial charge < -0.3 is 10.1 Å². The molecular weight excluding hydrogens is 216 g/mol. The minimum absolute atomic E-state index is 0.644. The molecule has 96 valence electrons. The summed E-state index contributed by atoms with van der Waals surface area (Å²) < 4.78 is 7.16. The zero-order valence-electron chi connectivity index (χ0n) is 10.8. The van der Waals surface area contributed by atoms with Crippen LogP contribution in [0.15, 0.2) is 0 Å². The van der Waals surface area contributed by atoms with Gasteiger partial charge in [0.2, 0.25) is 0 Å². The van der Waals surface area contributed by atoms with Crippen molar-refractivity contribution in [2.75, 3.05) is 20.8 Å². The normalized spacial score (nSPS) is 16.8. The van der Waals surface area contributed by atoms with Gasteiger partial charge in [0.25, 0.3) is 0 Å². The van der Waals surface area contributed by atoms with E-state index in [0.29, 0.717) is 12.5 Å². The Labute approximate surface area is 103 Å². The Morgan fingerprint density at radius 3 is 2.82 bits per heavy atom. The average Bonchev–Trinajstić information content (AvgIpc) is 2.95. The third-order valence-corrected chi connectivity index (χ3v) is 3.44. The molecule has 5 heteroatoms. The number of hydrogen-bond donors (Lipinski definition) is 1. The molecule has 0 radical (unpaired) electrons. The SMILES string of the molecule is CNCc1nnn(CCOC)c1C1CCCC1. The molecule has 0 unspecified atom stereocenters. The van der Waals surface area contributed by atoms with Crippen molar-refractivity contribution in [1.82, 2.24) is 20.3 Å². The average molecular weight is 238 g/mol. The van der Waals surface area contributed by atoms with Gasteiger partial charge in [0.05, 0.1) is 24.5 Å². The Balaban J connectivity index is 2.18. The van der Waals surface area contributed by atoms with Crippen molar-refractivity contribution < 1.29 is 4.74 Å². The quantitative estimate of drug-likeness (QED) is 0.811. The Morgan fingerprint density at radius 1 is 1.41 bits per heavy atom. The van der Waals surface area contributed by atoms with Gasteiger partial charge in [0.15, 0.2) is 0 Å². The molecule has 0 bridgehead atoms. The minimum atomic E-state index is 0.644. The second kappa shape index (κ2) is 6.12. The molecule has 1 aromatic rings. The molecule has 1 aliphatic carbocycles. The van der Waals surface area contributed by atoms with Gasteiger partial charge in [-0.15, -0.1) is 5.10 Å². The fourth-order valence-corrected chi connectivity index (χ4v) is 2.64. The zero-order chi connectivity index (χ0) is 12.1. The molecule has 2 rings (SSSR count). The van der Waals surface area contributed by atoms with Crippen molar-refractivity contribution in [2.45, 2.75) is 44.7 Å². The van der Waals surface area contributed by atoms with Crippen LogP contribution in [0.3, 0.4) is 0 Å². The molecule has 1 fully saturated rings. The predicted octanol–water partition coefficient (Wildman–Crippen LogP) is 1.30. The highest BCUT2D eigenvalue weighted by molar-refractivity contribution is 5.17. The number of methoxy groups -OCH3 is 1. The van der Waals surface area contributed by atoms with Gasteiger partial charge in [-0.3, -0.25) is 0 Å². The number of hydrogen-bond acceptors (Lipinski definition) is 4. The van der Waals surface area contributed by atoms with Crippen molar-refractivity contribution in [3.63, 3.8) is 0 Å². The summed E-state index contributed by atoms with van der Waals surface area (Å²) in [7, 11) is 3.67. The first-order valence-electron chi connectivity index (χ1n) is 6.42. The topological polar surface area (TPSA) is 52.0 Å². The van der Waals surface area contributed by atoms with E-state index in [1.165, 1.54) is 31.4 Å². The fourth-order valence-electron chi connectivity index (χ4n) is 2.64. The summed E-state index contributed by atoms with van der Waals surface area (Å²) in [5.74, 6) is 0.644. The molecule has 1 saturated carbocycles. The van der Waals surface area contributed by atoms with Crippen molar-refractivity contribution in [3.8, 4) is 0 Å². The lowest BCUT2D eigenvalue weighted by Crippen LogP contribution is -2.14. The van der Waals surface area contributed by atoms with Gasteiger partial charge in [0, 0.05) is 19.6 Å². The summed E-state index contributed by atoms with van der Waals surface area (Å²) in [4.78, 5) is 0. The van der Waals surface area contributed by atoms with Crippen molar-refractivity contribution in [1.29, 1.82) is 0 Å². The van der Waals surface area contributed by atoms with Gasteiger partial charge >= 0.3 is 0 Å². The summed E-state index contributed by atoms with van der Waals surface area (Å²) >= 11 is 0. The van der Waals surface area contributed by atoms with Gasteiger partial charge in [-0.1, -0.05) is 18.1 Å². The van der Waals surface area contributed by atoms with Crippen LogP contribution in [0.1, 0.15) is 43.0 Å².